The monoisotopic (exact) mass is 329 g/mol. The quantitative estimate of drug-likeness (QED) is 0.877. The van der Waals surface area contributed by atoms with Crippen LogP contribution in [0, 0.1) is 0 Å². The molecule has 7 heteroatoms. The topological polar surface area (TPSA) is 79.4 Å². The standard InChI is InChI=1S/C16H12ClN3O3/c1-9(14(21)19-13-7-6-10(17)8-18-13)20-15(22)11-4-2-3-5-12(11)16(20)23/h2-9H,1H3,(H,18,19,21)/t9-/m0/s1. The number of halogens is 1. The Labute approximate surface area is 137 Å². The maximum Gasteiger partial charge on any atom is 0.262 e. The maximum absolute atomic E-state index is 12.3. The zero-order valence-electron chi connectivity index (χ0n) is 12.1. The first-order valence-corrected chi connectivity index (χ1v) is 7.26. The van der Waals surface area contributed by atoms with Crippen LogP contribution in [0.25, 0.3) is 0 Å². The number of nitrogens with zero attached hydrogens (tertiary/aromatic N) is 2. The van der Waals surface area contributed by atoms with Gasteiger partial charge in [-0.2, -0.15) is 0 Å². The number of carbonyl (C=O) groups excluding carboxylic acids is 3. The Morgan fingerprint density at radius 2 is 1.74 bits per heavy atom. The van der Waals surface area contributed by atoms with E-state index in [1.54, 1.807) is 30.3 Å². The number of pyridine rings is 1. The summed E-state index contributed by atoms with van der Waals surface area (Å²) in [5.74, 6) is -1.16. The van der Waals surface area contributed by atoms with Gasteiger partial charge in [-0.05, 0) is 31.2 Å². The second-order valence-corrected chi connectivity index (χ2v) is 5.49. The molecule has 0 unspecified atom stereocenters. The van der Waals surface area contributed by atoms with Gasteiger partial charge >= 0.3 is 0 Å². The Hall–Kier alpha value is -2.73. The highest BCUT2D eigenvalue weighted by Crippen LogP contribution is 2.24. The van der Waals surface area contributed by atoms with Crippen molar-refractivity contribution < 1.29 is 14.4 Å². The summed E-state index contributed by atoms with van der Waals surface area (Å²) in [7, 11) is 0. The molecular formula is C16H12ClN3O3. The predicted molar refractivity (Wildman–Crippen MR) is 84.3 cm³/mol. The summed E-state index contributed by atoms with van der Waals surface area (Å²) in [5.41, 5.74) is 0.614. The molecule has 0 fully saturated rings. The fraction of sp³-hybridized carbons (Fsp3) is 0.125. The number of anilines is 1. The summed E-state index contributed by atoms with van der Waals surface area (Å²) < 4.78 is 0. The van der Waals surface area contributed by atoms with E-state index in [4.69, 9.17) is 11.6 Å². The first kappa shape index (κ1) is 15.2. The highest BCUT2D eigenvalue weighted by atomic mass is 35.5. The molecule has 3 rings (SSSR count). The summed E-state index contributed by atoms with van der Waals surface area (Å²) in [5, 5.41) is 3.00. The van der Waals surface area contributed by atoms with Crippen molar-refractivity contribution in [3.63, 3.8) is 0 Å². The smallest absolute Gasteiger partial charge is 0.262 e. The second kappa shape index (κ2) is 5.81. The molecule has 1 aromatic heterocycles. The van der Waals surface area contributed by atoms with Gasteiger partial charge in [0.1, 0.15) is 11.9 Å². The van der Waals surface area contributed by atoms with E-state index in [0.29, 0.717) is 22.0 Å². The number of benzene rings is 1. The molecular weight excluding hydrogens is 318 g/mol. The van der Waals surface area contributed by atoms with E-state index in [1.165, 1.54) is 19.2 Å². The lowest BCUT2D eigenvalue weighted by Gasteiger charge is -2.21. The molecule has 0 spiro atoms. The molecule has 1 aliphatic heterocycles. The van der Waals surface area contributed by atoms with Crippen molar-refractivity contribution in [2.24, 2.45) is 0 Å². The van der Waals surface area contributed by atoms with Crippen LogP contribution >= 0.6 is 11.6 Å². The maximum atomic E-state index is 12.3. The zero-order chi connectivity index (χ0) is 16.6. The molecule has 0 bridgehead atoms. The minimum Gasteiger partial charge on any atom is -0.309 e. The number of imide groups is 1. The Kier molecular flexibility index (Phi) is 3.83. The number of hydrogen-bond donors (Lipinski definition) is 1. The minimum atomic E-state index is -0.958. The summed E-state index contributed by atoms with van der Waals surface area (Å²) in [6, 6.07) is 8.65. The first-order valence-electron chi connectivity index (χ1n) is 6.88. The third kappa shape index (κ3) is 2.68. The van der Waals surface area contributed by atoms with Gasteiger partial charge < -0.3 is 5.32 Å². The van der Waals surface area contributed by atoms with Crippen molar-refractivity contribution in [2.45, 2.75) is 13.0 Å². The van der Waals surface area contributed by atoms with E-state index in [1.807, 2.05) is 0 Å². The van der Waals surface area contributed by atoms with Gasteiger partial charge in [-0.15, -0.1) is 0 Å². The summed E-state index contributed by atoms with van der Waals surface area (Å²) in [6.45, 7) is 1.49. The molecule has 116 valence electrons. The Balaban J connectivity index is 1.79. The molecule has 1 N–H and O–H groups in total. The van der Waals surface area contributed by atoms with Crippen LogP contribution in [0.3, 0.4) is 0 Å². The van der Waals surface area contributed by atoms with Crippen LogP contribution in [-0.4, -0.2) is 33.6 Å². The molecule has 2 aromatic rings. The molecule has 0 radical (unpaired) electrons. The van der Waals surface area contributed by atoms with Crippen molar-refractivity contribution in [3.05, 3.63) is 58.7 Å². The van der Waals surface area contributed by atoms with E-state index < -0.39 is 23.8 Å². The van der Waals surface area contributed by atoms with Crippen molar-refractivity contribution in [2.75, 3.05) is 5.32 Å². The molecule has 0 aliphatic carbocycles. The average Bonchev–Trinajstić information content (AvgIpc) is 2.81. The predicted octanol–water partition coefficient (Wildman–Crippen LogP) is 2.36. The summed E-state index contributed by atoms with van der Waals surface area (Å²) in [4.78, 5) is 41.9. The molecule has 1 atom stereocenters. The van der Waals surface area contributed by atoms with Gasteiger partial charge in [-0.1, -0.05) is 23.7 Å². The first-order chi connectivity index (χ1) is 11.0. The molecule has 23 heavy (non-hydrogen) atoms. The Morgan fingerprint density at radius 1 is 1.13 bits per heavy atom. The SMILES string of the molecule is C[C@@H](C(=O)Nc1ccc(Cl)cn1)N1C(=O)c2ccccc2C1=O. The molecule has 3 amide bonds. The summed E-state index contributed by atoms with van der Waals surface area (Å²) >= 11 is 5.73. The molecule has 1 aliphatic rings. The number of nitrogens with one attached hydrogen (secondary N) is 1. The van der Waals surface area contributed by atoms with Crippen molar-refractivity contribution in [3.8, 4) is 0 Å². The van der Waals surface area contributed by atoms with Gasteiger partial charge in [-0.3, -0.25) is 19.3 Å². The third-order valence-electron chi connectivity index (χ3n) is 3.57. The number of rotatable bonds is 3. The lowest BCUT2D eigenvalue weighted by molar-refractivity contribution is -0.119. The third-order valence-corrected chi connectivity index (χ3v) is 3.79. The van der Waals surface area contributed by atoms with E-state index in [9.17, 15) is 14.4 Å². The van der Waals surface area contributed by atoms with E-state index in [0.717, 1.165) is 4.90 Å². The molecule has 0 saturated carbocycles. The van der Waals surface area contributed by atoms with Crippen LogP contribution in [-0.2, 0) is 4.79 Å². The van der Waals surface area contributed by atoms with Crippen molar-refractivity contribution >= 4 is 35.1 Å². The number of aromatic nitrogens is 1. The van der Waals surface area contributed by atoms with Gasteiger partial charge in [0.2, 0.25) is 5.91 Å². The molecule has 2 heterocycles. The van der Waals surface area contributed by atoms with Gasteiger partial charge in [0, 0.05) is 6.20 Å². The van der Waals surface area contributed by atoms with E-state index in [2.05, 4.69) is 10.3 Å². The normalized spacial score (nSPS) is 14.6. The largest absolute Gasteiger partial charge is 0.309 e. The fourth-order valence-corrected chi connectivity index (χ4v) is 2.47. The second-order valence-electron chi connectivity index (χ2n) is 5.05. The Bertz CT molecular complexity index is 769. The van der Waals surface area contributed by atoms with Crippen LogP contribution in [0.4, 0.5) is 5.82 Å². The van der Waals surface area contributed by atoms with Gasteiger partial charge in [0.15, 0.2) is 0 Å². The zero-order valence-corrected chi connectivity index (χ0v) is 12.9. The van der Waals surface area contributed by atoms with Gasteiger partial charge in [-0.25, -0.2) is 4.98 Å². The van der Waals surface area contributed by atoms with Crippen LogP contribution in [0.1, 0.15) is 27.6 Å². The number of hydrogen-bond acceptors (Lipinski definition) is 4. The van der Waals surface area contributed by atoms with Crippen molar-refractivity contribution in [1.29, 1.82) is 0 Å². The summed E-state index contributed by atoms with van der Waals surface area (Å²) in [6.07, 6.45) is 1.39. The lowest BCUT2D eigenvalue weighted by atomic mass is 10.1. The lowest BCUT2D eigenvalue weighted by Crippen LogP contribution is -2.45. The van der Waals surface area contributed by atoms with Crippen LogP contribution in [0.2, 0.25) is 5.02 Å². The van der Waals surface area contributed by atoms with Crippen LogP contribution in [0.5, 0.6) is 0 Å². The van der Waals surface area contributed by atoms with Crippen molar-refractivity contribution in [1.82, 2.24) is 9.88 Å². The van der Waals surface area contributed by atoms with Crippen LogP contribution in [0.15, 0.2) is 42.6 Å². The molecule has 0 saturated heterocycles. The molecule has 6 nitrogen and oxygen atoms in total. The number of carbonyl (C=O) groups is 3. The van der Waals surface area contributed by atoms with Gasteiger partial charge in [0.25, 0.3) is 11.8 Å². The van der Waals surface area contributed by atoms with E-state index in [-0.39, 0.29) is 0 Å². The van der Waals surface area contributed by atoms with Crippen LogP contribution < -0.4 is 5.32 Å². The number of amides is 3. The number of fused-ring (bicyclic) bond motifs is 1. The average molecular weight is 330 g/mol. The van der Waals surface area contributed by atoms with Gasteiger partial charge in [0.05, 0.1) is 16.1 Å². The molecule has 1 aromatic carbocycles. The minimum absolute atomic E-state index is 0.294. The highest BCUT2D eigenvalue weighted by molar-refractivity contribution is 6.30. The van der Waals surface area contributed by atoms with E-state index >= 15 is 0 Å². The fourth-order valence-electron chi connectivity index (χ4n) is 2.36. The highest BCUT2D eigenvalue weighted by Gasteiger charge is 2.40. The Morgan fingerprint density at radius 3 is 2.26 bits per heavy atom.